The molecule has 0 amide bonds. The lowest BCUT2D eigenvalue weighted by atomic mass is 9.87. The zero-order chi connectivity index (χ0) is 10.0. The second kappa shape index (κ2) is 3.47. The van der Waals surface area contributed by atoms with Gasteiger partial charge >= 0.3 is 0 Å². The second-order valence-corrected chi connectivity index (χ2v) is 2.85. The second-order valence-electron chi connectivity index (χ2n) is 2.85. The van der Waals surface area contributed by atoms with E-state index in [1.165, 1.54) is 6.92 Å². The fraction of sp³-hybridized carbons (Fsp3) is 0.375. The SMILES string of the molecule is CC1C([N+](=O)[O-])=CC=C(F)C1C=O. The van der Waals surface area contributed by atoms with Crippen LogP contribution in [0.2, 0.25) is 0 Å². The zero-order valence-corrected chi connectivity index (χ0v) is 6.94. The average molecular weight is 185 g/mol. The fourth-order valence-corrected chi connectivity index (χ4v) is 1.26. The molecular weight excluding hydrogens is 177 g/mol. The molecule has 0 bridgehead atoms. The van der Waals surface area contributed by atoms with E-state index >= 15 is 0 Å². The summed E-state index contributed by atoms with van der Waals surface area (Å²) in [6.45, 7) is 1.46. The predicted octanol–water partition coefficient (Wildman–Crippen LogP) is 1.47. The molecule has 0 heterocycles. The Balaban J connectivity index is 3.03. The summed E-state index contributed by atoms with van der Waals surface area (Å²) in [6, 6.07) is 0. The summed E-state index contributed by atoms with van der Waals surface area (Å²) >= 11 is 0. The van der Waals surface area contributed by atoms with Crippen molar-refractivity contribution in [2.24, 2.45) is 11.8 Å². The summed E-state index contributed by atoms with van der Waals surface area (Å²) < 4.78 is 12.9. The topological polar surface area (TPSA) is 60.2 Å². The van der Waals surface area contributed by atoms with Crippen LogP contribution in [0.5, 0.6) is 0 Å². The highest BCUT2D eigenvalue weighted by atomic mass is 19.1. The molecule has 0 fully saturated rings. The van der Waals surface area contributed by atoms with E-state index in [-0.39, 0.29) is 5.70 Å². The molecule has 4 nitrogen and oxygen atoms in total. The van der Waals surface area contributed by atoms with E-state index in [2.05, 4.69) is 0 Å². The van der Waals surface area contributed by atoms with Gasteiger partial charge in [0.05, 0.1) is 16.8 Å². The fourth-order valence-electron chi connectivity index (χ4n) is 1.26. The maximum absolute atomic E-state index is 12.9. The number of rotatable bonds is 2. The minimum absolute atomic E-state index is 0.126. The molecule has 0 aliphatic heterocycles. The first kappa shape index (κ1) is 9.57. The standard InChI is InChI=1S/C8H8FNO3/c1-5-6(4-11)7(9)2-3-8(5)10(12)13/h2-6H,1H3. The van der Waals surface area contributed by atoms with Gasteiger partial charge in [-0.1, -0.05) is 6.92 Å². The van der Waals surface area contributed by atoms with E-state index in [1.54, 1.807) is 0 Å². The molecule has 1 aliphatic rings. The molecule has 0 radical (unpaired) electrons. The normalized spacial score (nSPS) is 27.5. The van der Waals surface area contributed by atoms with Gasteiger partial charge in [0.2, 0.25) is 5.70 Å². The molecular formula is C8H8FNO3. The molecule has 1 rings (SSSR count). The van der Waals surface area contributed by atoms with Crippen molar-refractivity contribution in [2.75, 3.05) is 0 Å². The van der Waals surface area contributed by atoms with Crippen LogP contribution in [-0.2, 0) is 4.79 Å². The number of hydrogen-bond donors (Lipinski definition) is 0. The first-order chi connectivity index (χ1) is 6.07. The highest BCUT2D eigenvalue weighted by Gasteiger charge is 2.33. The molecule has 0 spiro atoms. The van der Waals surface area contributed by atoms with Crippen LogP contribution in [0.3, 0.4) is 0 Å². The Kier molecular flexibility index (Phi) is 2.55. The number of nitro groups is 1. The van der Waals surface area contributed by atoms with E-state index in [1.807, 2.05) is 0 Å². The summed E-state index contributed by atoms with van der Waals surface area (Å²) in [7, 11) is 0. The molecule has 2 unspecified atom stereocenters. The van der Waals surface area contributed by atoms with E-state index in [0.717, 1.165) is 12.2 Å². The summed E-state index contributed by atoms with van der Waals surface area (Å²) in [5, 5.41) is 10.4. The minimum atomic E-state index is -1.01. The van der Waals surface area contributed by atoms with Gasteiger partial charge < -0.3 is 4.79 Å². The lowest BCUT2D eigenvalue weighted by molar-refractivity contribution is -0.434. The van der Waals surface area contributed by atoms with Crippen LogP contribution in [-0.4, -0.2) is 11.2 Å². The van der Waals surface area contributed by atoms with Gasteiger partial charge in [-0.15, -0.1) is 0 Å². The number of carbonyl (C=O) groups excluding carboxylic acids is 1. The summed E-state index contributed by atoms with van der Waals surface area (Å²) in [6.07, 6.45) is 2.46. The number of halogens is 1. The molecule has 0 saturated carbocycles. The zero-order valence-electron chi connectivity index (χ0n) is 6.94. The number of allylic oxidation sites excluding steroid dienone is 4. The number of hydrogen-bond acceptors (Lipinski definition) is 3. The van der Waals surface area contributed by atoms with Gasteiger partial charge in [-0.05, 0) is 6.08 Å². The Labute approximate surface area is 73.9 Å². The molecule has 70 valence electrons. The van der Waals surface area contributed by atoms with Crippen molar-refractivity contribution >= 4 is 6.29 Å². The van der Waals surface area contributed by atoms with Gasteiger partial charge in [-0.25, -0.2) is 4.39 Å². The third-order valence-corrected chi connectivity index (χ3v) is 2.09. The molecule has 0 aromatic carbocycles. The third kappa shape index (κ3) is 1.63. The first-order valence-corrected chi connectivity index (χ1v) is 3.75. The van der Waals surface area contributed by atoms with Crippen LogP contribution >= 0.6 is 0 Å². The Morgan fingerprint density at radius 2 is 2.23 bits per heavy atom. The highest BCUT2D eigenvalue weighted by Crippen LogP contribution is 2.30. The lowest BCUT2D eigenvalue weighted by Gasteiger charge is -2.17. The largest absolute Gasteiger partial charge is 0.303 e. The molecule has 5 heteroatoms. The molecule has 0 N–H and O–H groups in total. The molecule has 0 saturated heterocycles. The van der Waals surface area contributed by atoms with Gasteiger partial charge in [0, 0.05) is 6.08 Å². The number of nitrogens with zero attached hydrogens (tertiary/aromatic N) is 1. The van der Waals surface area contributed by atoms with Gasteiger partial charge in [-0.3, -0.25) is 10.1 Å². The van der Waals surface area contributed by atoms with Crippen molar-refractivity contribution < 1.29 is 14.1 Å². The van der Waals surface area contributed by atoms with E-state index in [9.17, 15) is 19.3 Å². The minimum Gasteiger partial charge on any atom is -0.303 e. The molecule has 1 aliphatic carbocycles. The van der Waals surface area contributed by atoms with Crippen molar-refractivity contribution in [2.45, 2.75) is 6.92 Å². The maximum Gasteiger partial charge on any atom is 0.250 e. The van der Waals surface area contributed by atoms with Crippen LogP contribution in [0.25, 0.3) is 0 Å². The van der Waals surface area contributed by atoms with Gasteiger partial charge in [-0.2, -0.15) is 0 Å². The number of aldehydes is 1. The monoisotopic (exact) mass is 185 g/mol. The van der Waals surface area contributed by atoms with Crippen LogP contribution in [0, 0.1) is 22.0 Å². The molecule has 0 aromatic rings. The van der Waals surface area contributed by atoms with Crippen molar-refractivity contribution in [3.05, 3.63) is 33.8 Å². The summed E-state index contributed by atoms with van der Waals surface area (Å²) in [4.78, 5) is 20.2. The summed E-state index contributed by atoms with van der Waals surface area (Å²) in [5.41, 5.74) is -0.126. The Morgan fingerprint density at radius 1 is 1.62 bits per heavy atom. The highest BCUT2D eigenvalue weighted by molar-refractivity contribution is 5.60. The van der Waals surface area contributed by atoms with E-state index in [4.69, 9.17) is 0 Å². The quantitative estimate of drug-likeness (QED) is 0.371. The smallest absolute Gasteiger partial charge is 0.250 e. The van der Waals surface area contributed by atoms with Crippen LogP contribution < -0.4 is 0 Å². The Morgan fingerprint density at radius 3 is 2.69 bits per heavy atom. The predicted molar refractivity (Wildman–Crippen MR) is 43.0 cm³/mol. The third-order valence-electron chi connectivity index (χ3n) is 2.09. The van der Waals surface area contributed by atoms with Crippen LogP contribution in [0.15, 0.2) is 23.7 Å². The Hall–Kier alpha value is -1.52. The van der Waals surface area contributed by atoms with Crippen molar-refractivity contribution in [3.8, 4) is 0 Å². The van der Waals surface area contributed by atoms with Crippen LogP contribution in [0.1, 0.15) is 6.92 Å². The maximum atomic E-state index is 12.9. The van der Waals surface area contributed by atoms with Crippen LogP contribution in [0.4, 0.5) is 4.39 Å². The van der Waals surface area contributed by atoms with Crippen molar-refractivity contribution in [3.63, 3.8) is 0 Å². The average Bonchev–Trinajstić information content (AvgIpc) is 2.04. The van der Waals surface area contributed by atoms with Crippen molar-refractivity contribution in [1.82, 2.24) is 0 Å². The molecule has 2 atom stereocenters. The molecule has 13 heavy (non-hydrogen) atoms. The van der Waals surface area contributed by atoms with Crippen molar-refractivity contribution in [1.29, 1.82) is 0 Å². The van der Waals surface area contributed by atoms with E-state index < -0.39 is 22.6 Å². The van der Waals surface area contributed by atoms with E-state index in [0.29, 0.717) is 6.29 Å². The lowest BCUT2D eigenvalue weighted by Crippen LogP contribution is -2.22. The van der Waals surface area contributed by atoms with Gasteiger partial charge in [0.1, 0.15) is 12.1 Å². The Bertz CT molecular complexity index is 309. The molecule has 0 aromatic heterocycles. The first-order valence-electron chi connectivity index (χ1n) is 3.75. The van der Waals surface area contributed by atoms with Gasteiger partial charge in [0.25, 0.3) is 0 Å². The van der Waals surface area contributed by atoms with Gasteiger partial charge in [0.15, 0.2) is 0 Å². The summed E-state index contributed by atoms with van der Waals surface area (Å²) in [5.74, 6) is -2.32. The number of carbonyl (C=O) groups is 1.